The Labute approximate surface area is 122 Å². The second-order valence-corrected chi connectivity index (χ2v) is 4.19. The number of benzene rings is 2. The third-order valence-corrected chi connectivity index (χ3v) is 2.71. The van der Waals surface area contributed by atoms with Crippen LogP contribution in [0.3, 0.4) is 0 Å². The van der Waals surface area contributed by atoms with Gasteiger partial charge in [0, 0.05) is 5.56 Å². The molecule has 0 amide bonds. The van der Waals surface area contributed by atoms with E-state index in [2.05, 4.69) is 0 Å². The Hall–Kier alpha value is -2.82. The van der Waals surface area contributed by atoms with E-state index in [1.807, 2.05) is 6.07 Å². The van der Waals surface area contributed by atoms with Crippen LogP contribution in [0.5, 0.6) is 17.2 Å². The quantitative estimate of drug-likeness (QED) is 0.489. The van der Waals surface area contributed by atoms with Gasteiger partial charge in [-0.25, -0.2) is 4.79 Å². The molecule has 2 aromatic rings. The van der Waals surface area contributed by atoms with Gasteiger partial charge < -0.3 is 14.2 Å². The highest BCUT2D eigenvalue weighted by atomic mass is 16.7. The maximum Gasteiger partial charge on any atom is 0.519 e. The number of methoxy groups -OCH3 is 1. The molecule has 5 heteroatoms. The fraction of sp³-hybridized carbons (Fsp3) is 0.125. The molecule has 0 unspecified atom stereocenters. The van der Waals surface area contributed by atoms with E-state index >= 15 is 0 Å². The van der Waals surface area contributed by atoms with Gasteiger partial charge in [-0.3, -0.25) is 4.79 Å². The third-order valence-electron chi connectivity index (χ3n) is 2.71. The Morgan fingerprint density at radius 3 is 2.24 bits per heavy atom. The molecule has 0 bridgehead atoms. The average molecular weight is 286 g/mol. The van der Waals surface area contributed by atoms with E-state index in [-0.39, 0.29) is 17.3 Å². The highest BCUT2D eigenvalue weighted by molar-refractivity contribution is 5.94. The van der Waals surface area contributed by atoms with E-state index in [1.54, 1.807) is 30.3 Å². The van der Waals surface area contributed by atoms with Crippen molar-refractivity contribution in [3.05, 3.63) is 54.1 Å². The summed E-state index contributed by atoms with van der Waals surface area (Å²) in [7, 11) is 1.43. The summed E-state index contributed by atoms with van der Waals surface area (Å²) in [5.74, 6) is 0.740. The molecule has 0 saturated heterocycles. The van der Waals surface area contributed by atoms with Crippen LogP contribution in [0.2, 0.25) is 0 Å². The summed E-state index contributed by atoms with van der Waals surface area (Å²) in [6, 6.07) is 13.1. The predicted molar refractivity (Wildman–Crippen MR) is 76.1 cm³/mol. The van der Waals surface area contributed by atoms with Crippen LogP contribution in [-0.4, -0.2) is 19.0 Å². The summed E-state index contributed by atoms with van der Waals surface area (Å²) < 4.78 is 15.2. The maximum absolute atomic E-state index is 11.7. The molecule has 0 aliphatic heterocycles. The lowest BCUT2D eigenvalue weighted by Gasteiger charge is -2.10. The van der Waals surface area contributed by atoms with Gasteiger partial charge in [-0.15, -0.1) is 0 Å². The molecule has 0 saturated carbocycles. The lowest BCUT2D eigenvalue weighted by Crippen LogP contribution is -2.14. The summed E-state index contributed by atoms with van der Waals surface area (Å²) in [5.41, 5.74) is 0.468. The summed E-state index contributed by atoms with van der Waals surface area (Å²) >= 11 is 0. The van der Waals surface area contributed by atoms with E-state index in [1.165, 1.54) is 26.2 Å². The molecule has 2 rings (SSSR count). The normalized spacial score (nSPS) is 9.81. The summed E-state index contributed by atoms with van der Waals surface area (Å²) in [6.45, 7) is 1.44. The SMILES string of the molecule is COc1cc(C(C)=O)ccc1OC(=O)Oc1ccccc1. The van der Waals surface area contributed by atoms with Gasteiger partial charge >= 0.3 is 6.16 Å². The van der Waals surface area contributed by atoms with Crippen LogP contribution >= 0.6 is 0 Å². The van der Waals surface area contributed by atoms with Gasteiger partial charge in [0.25, 0.3) is 0 Å². The molecular formula is C16H14O5. The van der Waals surface area contributed by atoms with Crippen molar-refractivity contribution in [3.63, 3.8) is 0 Å². The smallest absolute Gasteiger partial charge is 0.493 e. The van der Waals surface area contributed by atoms with Gasteiger partial charge in [-0.05, 0) is 37.3 Å². The van der Waals surface area contributed by atoms with Gasteiger partial charge in [0.05, 0.1) is 7.11 Å². The minimum atomic E-state index is -0.880. The number of ketones is 1. The van der Waals surface area contributed by atoms with E-state index < -0.39 is 6.16 Å². The molecule has 0 fully saturated rings. The summed E-state index contributed by atoms with van der Waals surface area (Å²) in [5, 5.41) is 0. The topological polar surface area (TPSA) is 61.8 Å². The second kappa shape index (κ2) is 6.56. The fourth-order valence-electron chi connectivity index (χ4n) is 1.67. The average Bonchev–Trinajstić information content (AvgIpc) is 2.48. The molecule has 0 aromatic heterocycles. The highest BCUT2D eigenvalue weighted by Crippen LogP contribution is 2.28. The molecule has 0 N–H and O–H groups in total. The molecule has 5 nitrogen and oxygen atoms in total. The zero-order chi connectivity index (χ0) is 15.2. The van der Waals surface area contributed by atoms with E-state index in [0.717, 1.165) is 0 Å². The highest BCUT2D eigenvalue weighted by Gasteiger charge is 2.13. The van der Waals surface area contributed by atoms with Gasteiger partial charge in [0.1, 0.15) is 5.75 Å². The van der Waals surface area contributed by atoms with E-state index in [4.69, 9.17) is 14.2 Å². The van der Waals surface area contributed by atoms with Crippen LogP contribution in [0.25, 0.3) is 0 Å². The first-order valence-corrected chi connectivity index (χ1v) is 6.24. The van der Waals surface area contributed by atoms with Crippen molar-refractivity contribution in [2.24, 2.45) is 0 Å². The Morgan fingerprint density at radius 2 is 1.62 bits per heavy atom. The van der Waals surface area contributed by atoms with Crippen LogP contribution < -0.4 is 14.2 Å². The van der Waals surface area contributed by atoms with Gasteiger partial charge in [-0.2, -0.15) is 0 Å². The Bertz CT molecular complexity index is 649. The molecule has 0 aliphatic rings. The first-order valence-electron chi connectivity index (χ1n) is 6.24. The van der Waals surface area contributed by atoms with Gasteiger partial charge in [0.15, 0.2) is 17.3 Å². The van der Waals surface area contributed by atoms with E-state index in [9.17, 15) is 9.59 Å². The van der Waals surface area contributed by atoms with Gasteiger partial charge in [0.2, 0.25) is 0 Å². The molecule has 0 heterocycles. The molecule has 108 valence electrons. The molecule has 0 atom stereocenters. The van der Waals surface area contributed by atoms with Crippen molar-refractivity contribution in [3.8, 4) is 17.2 Å². The first kappa shape index (κ1) is 14.6. The number of hydrogen-bond donors (Lipinski definition) is 0. The summed E-state index contributed by atoms with van der Waals surface area (Å²) in [6.07, 6.45) is -0.880. The number of Topliss-reactive ketones (excluding diaryl/α,β-unsaturated/α-hetero) is 1. The number of hydrogen-bond acceptors (Lipinski definition) is 5. The molecule has 0 spiro atoms. The van der Waals surface area contributed by atoms with Crippen LogP contribution in [0, 0.1) is 0 Å². The minimum Gasteiger partial charge on any atom is -0.493 e. The molecule has 0 radical (unpaired) electrons. The zero-order valence-electron chi connectivity index (χ0n) is 11.7. The molecule has 2 aromatic carbocycles. The zero-order valence-corrected chi connectivity index (χ0v) is 11.7. The Morgan fingerprint density at radius 1 is 0.905 bits per heavy atom. The monoisotopic (exact) mass is 286 g/mol. The van der Waals surface area contributed by atoms with E-state index in [0.29, 0.717) is 11.3 Å². The van der Waals surface area contributed by atoms with Crippen LogP contribution in [-0.2, 0) is 0 Å². The first-order chi connectivity index (χ1) is 10.1. The Balaban J connectivity index is 2.12. The second-order valence-electron chi connectivity index (χ2n) is 4.19. The molecule has 21 heavy (non-hydrogen) atoms. The lowest BCUT2D eigenvalue weighted by atomic mass is 10.1. The Kier molecular flexibility index (Phi) is 4.56. The molecular weight excluding hydrogens is 272 g/mol. The minimum absolute atomic E-state index is 0.105. The number of ether oxygens (including phenoxy) is 3. The van der Waals surface area contributed by atoms with Crippen molar-refractivity contribution < 1.29 is 23.8 Å². The number of rotatable bonds is 4. The maximum atomic E-state index is 11.7. The van der Waals surface area contributed by atoms with Crippen molar-refractivity contribution in [2.75, 3.05) is 7.11 Å². The number of carbonyl (C=O) groups is 2. The van der Waals surface area contributed by atoms with Crippen LogP contribution in [0.4, 0.5) is 4.79 Å². The predicted octanol–water partition coefficient (Wildman–Crippen LogP) is 3.48. The van der Waals surface area contributed by atoms with Crippen molar-refractivity contribution in [1.29, 1.82) is 0 Å². The van der Waals surface area contributed by atoms with Crippen molar-refractivity contribution in [2.45, 2.75) is 6.92 Å². The molecule has 0 aliphatic carbocycles. The van der Waals surface area contributed by atoms with Crippen molar-refractivity contribution >= 4 is 11.9 Å². The van der Waals surface area contributed by atoms with Crippen LogP contribution in [0.1, 0.15) is 17.3 Å². The number of para-hydroxylation sites is 1. The van der Waals surface area contributed by atoms with Crippen LogP contribution in [0.15, 0.2) is 48.5 Å². The van der Waals surface area contributed by atoms with Gasteiger partial charge in [-0.1, -0.05) is 18.2 Å². The summed E-state index contributed by atoms with van der Waals surface area (Å²) in [4.78, 5) is 23.0. The largest absolute Gasteiger partial charge is 0.519 e. The lowest BCUT2D eigenvalue weighted by molar-refractivity contribution is 0.101. The van der Waals surface area contributed by atoms with Crippen molar-refractivity contribution in [1.82, 2.24) is 0 Å². The third kappa shape index (κ3) is 3.82. The fourth-order valence-corrected chi connectivity index (χ4v) is 1.67. The number of carbonyl (C=O) groups excluding carboxylic acids is 2. The standard InChI is InChI=1S/C16H14O5/c1-11(17)12-8-9-14(15(10-12)19-2)21-16(18)20-13-6-4-3-5-7-13/h3-10H,1-2H3.